The van der Waals surface area contributed by atoms with Gasteiger partial charge in [0.25, 0.3) is 0 Å². The standard InChI is InChI=1S/C13H6Br2ClF3/c14-8-2-1-6(3-10(8)17)13(15)7-4-11(18)12(19)5-9(7)16/h1-5,13H. The molecular weight excluding hydrogens is 408 g/mol. The molecule has 2 aromatic rings. The summed E-state index contributed by atoms with van der Waals surface area (Å²) in [6.45, 7) is 0. The van der Waals surface area contributed by atoms with Crippen LogP contribution in [0.5, 0.6) is 0 Å². The van der Waals surface area contributed by atoms with E-state index in [0.29, 0.717) is 15.6 Å². The summed E-state index contributed by atoms with van der Waals surface area (Å²) >= 11 is 12.2. The number of rotatable bonds is 2. The Morgan fingerprint density at radius 2 is 1.58 bits per heavy atom. The molecule has 0 radical (unpaired) electrons. The molecule has 2 aromatic carbocycles. The molecule has 0 spiro atoms. The van der Waals surface area contributed by atoms with E-state index in [1.54, 1.807) is 6.07 Å². The van der Waals surface area contributed by atoms with Gasteiger partial charge in [-0.05, 0) is 51.3 Å². The van der Waals surface area contributed by atoms with Gasteiger partial charge in [0.05, 0.1) is 9.30 Å². The van der Waals surface area contributed by atoms with Crippen molar-refractivity contribution in [1.29, 1.82) is 0 Å². The van der Waals surface area contributed by atoms with Crippen molar-refractivity contribution in [2.75, 3.05) is 0 Å². The third-order valence-corrected chi connectivity index (χ3v) is 4.54. The zero-order valence-electron chi connectivity index (χ0n) is 9.23. The molecule has 0 saturated heterocycles. The van der Waals surface area contributed by atoms with Crippen molar-refractivity contribution in [3.05, 3.63) is 68.4 Å². The third kappa shape index (κ3) is 3.15. The molecule has 0 nitrogen and oxygen atoms in total. The molecule has 0 aliphatic rings. The predicted molar refractivity (Wildman–Crippen MR) is 76.2 cm³/mol. The van der Waals surface area contributed by atoms with Gasteiger partial charge < -0.3 is 0 Å². The van der Waals surface area contributed by atoms with Crippen LogP contribution in [-0.4, -0.2) is 0 Å². The van der Waals surface area contributed by atoms with Crippen LogP contribution >= 0.6 is 43.5 Å². The van der Waals surface area contributed by atoms with Crippen LogP contribution in [0.15, 0.2) is 34.8 Å². The van der Waals surface area contributed by atoms with E-state index >= 15 is 0 Å². The second kappa shape index (κ2) is 5.85. The van der Waals surface area contributed by atoms with Gasteiger partial charge in [-0.2, -0.15) is 0 Å². The highest BCUT2D eigenvalue weighted by Gasteiger charge is 2.18. The van der Waals surface area contributed by atoms with Crippen molar-refractivity contribution in [2.24, 2.45) is 0 Å². The van der Waals surface area contributed by atoms with Gasteiger partial charge >= 0.3 is 0 Å². The summed E-state index contributed by atoms with van der Waals surface area (Å²) in [5, 5.41) is 0.0732. The summed E-state index contributed by atoms with van der Waals surface area (Å²) in [6, 6.07) is 6.38. The molecule has 0 N–H and O–H groups in total. The van der Waals surface area contributed by atoms with Crippen molar-refractivity contribution < 1.29 is 13.2 Å². The topological polar surface area (TPSA) is 0 Å². The average Bonchev–Trinajstić information content (AvgIpc) is 2.36. The molecule has 1 unspecified atom stereocenters. The van der Waals surface area contributed by atoms with Crippen molar-refractivity contribution >= 4 is 43.5 Å². The van der Waals surface area contributed by atoms with E-state index in [0.717, 1.165) is 12.1 Å². The van der Waals surface area contributed by atoms with Gasteiger partial charge in [0.1, 0.15) is 5.82 Å². The lowest BCUT2D eigenvalue weighted by atomic mass is 10.0. The number of hydrogen-bond acceptors (Lipinski definition) is 0. The summed E-state index contributed by atoms with van der Waals surface area (Å²) in [5.41, 5.74) is 0.885. The Bertz CT molecular complexity index is 632. The summed E-state index contributed by atoms with van der Waals surface area (Å²) < 4.78 is 40.0. The molecule has 0 aliphatic carbocycles. The minimum absolute atomic E-state index is 0.0732. The molecule has 0 fully saturated rings. The fourth-order valence-electron chi connectivity index (χ4n) is 1.58. The van der Waals surface area contributed by atoms with Crippen LogP contribution in [-0.2, 0) is 0 Å². The van der Waals surface area contributed by atoms with Crippen LogP contribution in [0.2, 0.25) is 5.02 Å². The number of halogens is 6. The second-order valence-electron chi connectivity index (χ2n) is 3.82. The summed E-state index contributed by atoms with van der Waals surface area (Å²) in [6.07, 6.45) is 0. The zero-order valence-corrected chi connectivity index (χ0v) is 13.2. The SMILES string of the molecule is Fc1cc(Cl)c(C(Br)c2ccc(Br)c(F)c2)cc1F. The van der Waals surface area contributed by atoms with Crippen LogP contribution in [0.1, 0.15) is 16.0 Å². The second-order valence-corrected chi connectivity index (χ2v) is 6.00. The highest BCUT2D eigenvalue weighted by molar-refractivity contribution is 9.10. The van der Waals surface area contributed by atoms with Crippen LogP contribution in [0.3, 0.4) is 0 Å². The van der Waals surface area contributed by atoms with Gasteiger partial charge in [-0.3, -0.25) is 0 Å². The molecule has 100 valence electrons. The Morgan fingerprint density at radius 3 is 2.21 bits per heavy atom. The Morgan fingerprint density at radius 1 is 0.947 bits per heavy atom. The summed E-state index contributed by atoms with van der Waals surface area (Å²) in [4.78, 5) is -0.530. The van der Waals surface area contributed by atoms with Gasteiger partial charge in [0.15, 0.2) is 11.6 Å². The van der Waals surface area contributed by atoms with E-state index in [9.17, 15) is 13.2 Å². The van der Waals surface area contributed by atoms with E-state index in [4.69, 9.17) is 11.6 Å². The first-order chi connectivity index (χ1) is 8.90. The summed E-state index contributed by atoms with van der Waals surface area (Å²) in [7, 11) is 0. The molecule has 0 bridgehead atoms. The monoisotopic (exact) mass is 412 g/mol. The molecule has 0 heterocycles. The van der Waals surface area contributed by atoms with Crippen molar-refractivity contribution in [3.63, 3.8) is 0 Å². The Labute approximate surface area is 129 Å². The molecular formula is C13H6Br2ClF3. The first kappa shape index (κ1) is 14.9. The molecule has 0 amide bonds. The van der Waals surface area contributed by atoms with Crippen LogP contribution < -0.4 is 0 Å². The third-order valence-electron chi connectivity index (χ3n) is 2.55. The first-order valence-corrected chi connectivity index (χ1v) is 7.22. The molecule has 19 heavy (non-hydrogen) atoms. The average molecular weight is 414 g/mol. The minimum atomic E-state index is -1.02. The van der Waals surface area contributed by atoms with Crippen LogP contribution in [0.4, 0.5) is 13.2 Å². The Kier molecular flexibility index (Phi) is 4.58. The molecule has 1 atom stereocenters. The van der Waals surface area contributed by atoms with E-state index in [-0.39, 0.29) is 5.02 Å². The maximum absolute atomic E-state index is 13.5. The van der Waals surface area contributed by atoms with Gasteiger partial charge in [-0.1, -0.05) is 33.6 Å². The maximum atomic E-state index is 13.5. The fraction of sp³-hybridized carbons (Fsp3) is 0.0769. The summed E-state index contributed by atoms with van der Waals surface area (Å²) in [5.74, 6) is -2.46. The van der Waals surface area contributed by atoms with E-state index in [1.807, 2.05) is 0 Å². The molecule has 0 aliphatic heterocycles. The van der Waals surface area contributed by atoms with Gasteiger partial charge in [-0.15, -0.1) is 0 Å². The van der Waals surface area contributed by atoms with Crippen molar-refractivity contribution in [1.82, 2.24) is 0 Å². The molecule has 0 saturated carbocycles. The Hall–Kier alpha value is -0.520. The molecule has 6 heteroatoms. The minimum Gasteiger partial charge on any atom is -0.206 e. The van der Waals surface area contributed by atoms with Gasteiger partial charge in [0, 0.05) is 5.02 Å². The Balaban J connectivity index is 2.46. The van der Waals surface area contributed by atoms with E-state index in [2.05, 4.69) is 31.9 Å². The normalized spacial score (nSPS) is 12.5. The van der Waals surface area contributed by atoms with E-state index < -0.39 is 22.3 Å². The molecule has 0 aromatic heterocycles. The van der Waals surface area contributed by atoms with Crippen LogP contribution in [0.25, 0.3) is 0 Å². The van der Waals surface area contributed by atoms with Crippen molar-refractivity contribution in [3.8, 4) is 0 Å². The lowest BCUT2D eigenvalue weighted by Crippen LogP contribution is -1.98. The fourth-order valence-corrected chi connectivity index (χ4v) is 2.88. The van der Waals surface area contributed by atoms with Crippen molar-refractivity contribution in [2.45, 2.75) is 4.83 Å². The highest BCUT2D eigenvalue weighted by atomic mass is 79.9. The first-order valence-electron chi connectivity index (χ1n) is 5.13. The predicted octanol–water partition coefficient (Wildman–Crippen LogP) is 6.00. The zero-order chi connectivity index (χ0) is 14.2. The quantitative estimate of drug-likeness (QED) is 0.417. The van der Waals surface area contributed by atoms with Gasteiger partial charge in [-0.25, -0.2) is 13.2 Å². The number of hydrogen-bond donors (Lipinski definition) is 0. The highest BCUT2D eigenvalue weighted by Crippen LogP contribution is 2.37. The number of alkyl halides is 1. The van der Waals surface area contributed by atoms with E-state index in [1.165, 1.54) is 12.1 Å². The lowest BCUT2D eigenvalue weighted by Gasteiger charge is -2.13. The largest absolute Gasteiger partial charge is 0.206 e. The molecule has 2 rings (SSSR count). The van der Waals surface area contributed by atoms with Crippen LogP contribution in [0, 0.1) is 17.5 Å². The number of benzene rings is 2. The van der Waals surface area contributed by atoms with Gasteiger partial charge in [0.2, 0.25) is 0 Å². The lowest BCUT2D eigenvalue weighted by molar-refractivity contribution is 0.507. The maximum Gasteiger partial charge on any atom is 0.160 e. The smallest absolute Gasteiger partial charge is 0.160 e.